The highest BCUT2D eigenvalue weighted by molar-refractivity contribution is 7.14. The molecule has 3 nitrogen and oxygen atoms in total. The van der Waals surface area contributed by atoms with Crippen molar-refractivity contribution in [3.05, 3.63) is 68.2 Å². The van der Waals surface area contributed by atoms with Gasteiger partial charge in [-0.1, -0.05) is 40.9 Å². The van der Waals surface area contributed by atoms with E-state index < -0.39 is 11.7 Å². The van der Waals surface area contributed by atoms with Crippen molar-refractivity contribution in [1.82, 2.24) is 4.98 Å². The summed E-state index contributed by atoms with van der Waals surface area (Å²) in [6.45, 7) is 0. The second-order valence-corrected chi connectivity index (χ2v) is 7.20. The summed E-state index contributed by atoms with van der Waals surface area (Å²) in [7, 11) is 0. The summed E-state index contributed by atoms with van der Waals surface area (Å²) in [4.78, 5) is 16.5. The average molecular weight is 416 g/mol. The van der Waals surface area contributed by atoms with Crippen LogP contribution in [0, 0.1) is 5.82 Å². The number of rotatable bonds is 4. The molecule has 0 bridgehead atoms. The molecule has 8 heteroatoms. The Kier molecular flexibility index (Phi) is 5.59. The van der Waals surface area contributed by atoms with Gasteiger partial charge >= 0.3 is 0 Å². The van der Waals surface area contributed by atoms with Crippen molar-refractivity contribution < 1.29 is 9.18 Å². The van der Waals surface area contributed by atoms with Crippen LogP contribution in [0.1, 0.15) is 5.56 Å². The lowest BCUT2D eigenvalue weighted by Crippen LogP contribution is -2.15. The van der Waals surface area contributed by atoms with E-state index in [0.29, 0.717) is 26.4 Å². The zero-order chi connectivity index (χ0) is 18.0. The van der Waals surface area contributed by atoms with E-state index in [0.717, 1.165) is 0 Å². The van der Waals surface area contributed by atoms with Crippen LogP contribution >= 0.6 is 46.1 Å². The van der Waals surface area contributed by atoms with E-state index in [2.05, 4.69) is 10.3 Å². The second kappa shape index (κ2) is 7.70. The largest absolute Gasteiger partial charge is 0.302 e. The third-order valence-corrected chi connectivity index (χ3v) is 5.02. The standard InChI is InChI=1S/C17H10Cl3FN2OS/c18-9-4-5-10(13(20)6-9)15-8-25-17(22-15)23-16(24)7-11-12(19)2-1-3-14(11)21/h1-6,8H,7H2,(H,22,23,24). The molecule has 0 aliphatic rings. The van der Waals surface area contributed by atoms with Crippen LogP contribution in [-0.4, -0.2) is 10.9 Å². The molecule has 1 N–H and O–H groups in total. The first-order chi connectivity index (χ1) is 11.9. The number of halogens is 4. The number of nitrogens with zero attached hydrogens (tertiary/aromatic N) is 1. The highest BCUT2D eigenvalue weighted by Gasteiger charge is 2.14. The molecule has 1 aromatic heterocycles. The number of hydrogen-bond donors (Lipinski definition) is 1. The average Bonchev–Trinajstić information content (AvgIpc) is 2.99. The van der Waals surface area contributed by atoms with Crippen molar-refractivity contribution in [2.24, 2.45) is 0 Å². The molecule has 0 unspecified atom stereocenters. The van der Waals surface area contributed by atoms with E-state index in [-0.39, 0.29) is 17.0 Å². The van der Waals surface area contributed by atoms with Crippen molar-refractivity contribution in [3.8, 4) is 11.3 Å². The van der Waals surface area contributed by atoms with E-state index >= 15 is 0 Å². The van der Waals surface area contributed by atoms with Gasteiger partial charge < -0.3 is 5.32 Å². The van der Waals surface area contributed by atoms with Gasteiger partial charge in [0.2, 0.25) is 5.91 Å². The highest BCUT2D eigenvalue weighted by atomic mass is 35.5. The SMILES string of the molecule is O=C(Cc1c(F)cccc1Cl)Nc1nc(-c2ccc(Cl)cc2Cl)cs1. The van der Waals surface area contributed by atoms with Gasteiger partial charge in [-0.25, -0.2) is 9.37 Å². The summed E-state index contributed by atoms with van der Waals surface area (Å²) in [5.41, 5.74) is 1.48. The lowest BCUT2D eigenvalue weighted by atomic mass is 10.1. The van der Waals surface area contributed by atoms with E-state index in [1.165, 1.54) is 29.5 Å². The number of amides is 1. The lowest BCUT2D eigenvalue weighted by Gasteiger charge is -2.05. The number of benzene rings is 2. The molecule has 128 valence electrons. The molecule has 1 heterocycles. The number of anilines is 1. The summed E-state index contributed by atoms with van der Waals surface area (Å²) < 4.78 is 13.7. The van der Waals surface area contributed by atoms with Crippen LogP contribution in [0.4, 0.5) is 9.52 Å². The number of hydrogen-bond acceptors (Lipinski definition) is 3. The van der Waals surface area contributed by atoms with E-state index in [9.17, 15) is 9.18 Å². The third kappa shape index (κ3) is 4.30. The van der Waals surface area contributed by atoms with Crippen LogP contribution in [0.3, 0.4) is 0 Å². The molecular formula is C17H10Cl3FN2OS. The quantitative estimate of drug-likeness (QED) is 0.560. The molecule has 0 saturated heterocycles. The molecular weight excluding hydrogens is 406 g/mol. The van der Waals surface area contributed by atoms with Crippen LogP contribution in [0.25, 0.3) is 11.3 Å². The first-order valence-corrected chi connectivity index (χ1v) is 9.09. The zero-order valence-electron chi connectivity index (χ0n) is 12.5. The van der Waals surface area contributed by atoms with Gasteiger partial charge in [0.15, 0.2) is 5.13 Å². The van der Waals surface area contributed by atoms with Crippen LogP contribution in [-0.2, 0) is 11.2 Å². The number of aromatic nitrogens is 1. The third-order valence-electron chi connectivity index (χ3n) is 3.36. The topological polar surface area (TPSA) is 42.0 Å². The monoisotopic (exact) mass is 414 g/mol. The van der Waals surface area contributed by atoms with Crippen molar-refractivity contribution in [2.45, 2.75) is 6.42 Å². The van der Waals surface area contributed by atoms with Crippen molar-refractivity contribution in [3.63, 3.8) is 0 Å². The van der Waals surface area contributed by atoms with Crippen LogP contribution < -0.4 is 5.32 Å². The van der Waals surface area contributed by atoms with Gasteiger partial charge in [0.05, 0.1) is 17.1 Å². The minimum absolute atomic E-state index is 0.152. The Morgan fingerprint density at radius 2 is 1.96 bits per heavy atom. The maximum absolute atomic E-state index is 13.7. The van der Waals surface area contributed by atoms with E-state index in [1.54, 1.807) is 23.6 Å². The van der Waals surface area contributed by atoms with Gasteiger partial charge in [-0.3, -0.25) is 4.79 Å². The fourth-order valence-corrected chi connectivity index (χ4v) is 3.64. The number of nitrogens with one attached hydrogen (secondary N) is 1. The molecule has 0 aliphatic carbocycles. The first kappa shape index (κ1) is 18.1. The summed E-state index contributed by atoms with van der Waals surface area (Å²) in [6.07, 6.45) is -0.178. The number of carbonyl (C=O) groups is 1. The van der Waals surface area contributed by atoms with Gasteiger partial charge in [0, 0.05) is 26.6 Å². The van der Waals surface area contributed by atoms with Crippen LogP contribution in [0.15, 0.2) is 41.8 Å². The molecule has 1 amide bonds. The van der Waals surface area contributed by atoms with Gasteiger partial charge in [-0.15, -0.1) is 11.3 Å². The molecule has 3 aromatic rings. The Morgan fingerprint density at radius 1 is 1.16 bits per heavy atom. The molecule has 0 aliphatic heterocycles. The molecule has 0 atom stereocenters. The Labute approximate surface area is 162 Å². The smallest absolute Gasteiger partial charge is 0.230 e. The van der Waals surface area contributed by atoms with Gasteiger partial charge in [-0.05, 0) is 30.3 Å². The molecule has 25 heavy (non-hydrogen) atoms. The maximum Gasteiger partial charge on any atom is 0.230 e. The lowest BCUT2D eigenvalue weighted by molar-refractivity contribution is -0.115. The van der Waals surface area contributed by atoms with Gasteiger partial charge in [0.25, 0.3) is 0 Å². The fraction of sp³-hybridized carbons (Fsp3) is 0.0588. The Morgan fingerprint density at radius 3 is 2.68 bits per heavy atom. The molecule has 3 rings (SSSR count). The first-order valence-electron chi connectivity index (χ1n) is 7.07. The Balaban J connectivity index is 1.74. The zero-order valence-corrected chi connectivity index (χ0v) is 15.6. The van der Waals surface area contributed by atoms with Gasteiger partial charge in [-0.2, -0.15) is 0 Å². The Bertz CT molecular complexity index is 925. The summed E-state index contributed by atoms with van der Waals surface area (Å²) in [5, 5.41) is 6.00. The molecule has 0 radical (unpaired) electrons. The van der Waals surface area contributed by atoms with Crippen LogP contribution in [0.2, 0.25) is 15.1 Å². The highest BCUT2D eigenvalue weighted by Crippen LogP contribution is 2.32. The number of thiazole rings is 1. The van der Waals surface area contributed by atoms with Crippen molar-refractivity contribution >= 4 is 57.2 Å². The fourth-order valence-electron chi connectivity index (χ4n) is 2.18. The normalized spacial score (nSPS) is 10.7. The molecule has 0 spiro atoms. The second-order valence-electron chi connectivity index (χ2n) is 5.09. The molecule has 0 saturated carbocycles. The van der Waals surface area contributed by atoms with E-state index in [1.807, 2.05) is 0 Å². The van der Waals surface area contributed by atoms with Gasteiger partial charge in [0.1, 0.15) is 5.82 Å². The Hall–Kier alpha value is -1.66. The predicted octanol–water partition coefficient (Wildman–Crippen LogP) is 6.09. The van der Waals surface area contributed by atoms with Crippen molar-refractivity contribution in [2.75, 3.05) is 5.32 Å². The summed E-state index contributed by atoms with van der Waals surface area (Å²) in [6, 6.07) is 9.37. The molecule has 2 aromatic carbocycles. The maximum atomic E-state index is 13.7. The minimum atomic E-state index is -0.518. The molecule has 0 fully saturated rings. The summed E-state index contributed by atoms with van der Waals surface area (Å²) in [5.74, 6) is -0.925. The minimum Gasteiger partial charge on any atom is -0.302 e. The summed E-state index contributed by atoms with van der Waals surface area (Å²) >= 11 is 19.2. The van der Waals surface area contributed by atoms with Crippen molar-refractivity contribution in [1.29, 1.82) is 0 Å². The number of carbonyl (C=O) groups excluding carboxylic acids is 1. The van der Waals surface area contributed by atoms with E-state index in [4.69, 9.17) is 34.8 Å². The van der Waals surface area contributed by atoms with Crippen LogP contribution in [0.5, 0.6) is 0 Å². The predicted molar refractivity (Wildman–Crippen MR) is 101 cm³/mol.